The normalized spacial score (nSPS) is 15.6. The lowest BCUT2D eigenvalue weighted by molar-refractivity contribution is 0.396. The van der Waals surface area contributed by atoms with Gasteiger partial charge in [0.1, 0.15) is 5.84 Å². The molecule has 84 valence electrons. The van der Waals surface area contributed by atoms with Crippen molar-refractivity contribution in [1.29, 1.82) is 0 Å². The topological polar surface area (TPSA) is 38.4 Å². The fraction of sp³-hybridized carbons (Fsp3) is 0.909. The number of alkyl halides is 1. The van der Waals surface area contributed by atoms with Crippen LogP contribution in [0, 0.1) is 5.92 Å². The Balaban J connectivity index is 4.07. The molecule has 0 aliphatic carbocycles. The van der Waals surface area contributed by atoms with Crippen LogP contribution in [-0.4, -0.2) is 17.3 Å². The molecule has 0 amide bonds. The molecule has 0 aromatic rings. The maximum Gasteiger partial charge on any atom is 0.109 e. The van der Waals surface area contributed by atoms with Crippen LogP contribution in [0.15, 0.2) is 4.99 Å². The number of rotatable bonds is 6. The van der Waals surface area contributed by atoms with Crippen molar-refractivity contribution in [2.75, 3.05) is 5.88 Å². The Hall–Kier alpha value is -0.240. The van der Waals surface area contributed by atoms with E-state index < -0.39 is 0 Å². The average Bonchev–Trinajstić information content (AvgIpc) is 2.13. The first-order chi connectivity index (χ1) is 6.41. The number of hydrogen-bond donors (Lipinski definition) is 1. The van der Waals surface area contributed by atoms with Crippen molar-refractivity contribution in [3.05, 3.63) is 0 Å². The summed E-state index contributed by atoms with van der Waals surface area (Å²) in [5.41, 5.74) is 5.55. The predicted octanol–water partition coefficient (Wildman–Crippen LogP) is 3.19. The highest BCUT2D eigenvalue weighted by Crippen LogP contribution is 2.21. The van der Waals surface area contributed by atoms with Gasteiger partial charge in [0.2, 0.25) is 0 Å². The third-order valence-electron chi connectivity index (χ3n) is 2.53. The number of nitrogens with two attached hydrogens (primary N) is 1. The molecule has 0 fully saturated rings. The van der Waals surface area contributed by atoms with Gasteiger partial charge in [-0.15, -0.1) is 11.6 Å². The molecule has 0 saturated heterocycles. The van der Waals surface area contributed by atoms with Gasteiger partial charge in [-0.05, 0) is 32.6 Å². The summed E-state index contributed by atoms with van der Waals surface area (Å²) in [5, 5.41) is 0. The quantitative estimate of drug-likeness (QED) is 0.415. The van der Waals surface area contributed by atoms with Crippen molar-refractivity contribution in [2.24, 2.45) is 16.6 Å². The molecule has 1 atom stereocenters. The van der Waals surface area contributed by atoms with E-state index in [1.54, 1.807) is 0 Å². The molecule has 0 bridgehead atoms. The zero-order valence-electron chi connectivity index (χ0n) is 9.81. The third kappa shape index (κ3) is 6.25. The van der Waals surface area contributed by atoms with E-state index >= 15 is 0 Å². The van der Waals surface area contributed by atoms with Gasteiger partial charge >= 0.3 is 0 Å². The molecule has 0 radical (unpaired) electrons. The van der Waals surface area contributed by atoms with E-state index in [0.717, 1.165) is 12.3 Å². The molecule has 2 N–H and O–H groups in total. The second-order valence-corrected chi connectivity index (χ2v) is 4.87. The predicted molar refractivity (Wildman–Crippen MR) is 65.1 cm³/mol. The van der Waals surface area contributed by atoms with E-state index in [9.17, 15) is 0 Å². The zero-order chi connectivity index (χ0) is 11.2. The van der Waals surface area contributed by atoms with Crippen LogP contribution >= 0.6 is 11.6 Å². The van der Waals surface area contributed by atoms with E-state index in [-0.39, 0.29) is 5.54 Å². The summed E-state index contributed by atoms with van der Waals surface area (Å²) in [4.78, 5) is 4.40. The average molecular weight is 219 g/mol. The second kappa shape index (κ2) is 6.28. The first-order valence-electron chi connectivity index (χ1n) is 5.31. The van der Waals surface area contributed by atoms with Crippen molar-refractivity contribution in [1.82, 2.24) is 0 Å². The Bertz CT molecular complexity index is 188. The lowest BCUT2D eigenvalue weighted by atomic mass is 9.92. The highest BCUT2D eigenvalue weighted by molar-refractivity contribution is 6.28. The minimum absolute atomic E-state index is 0.0671. The lowest BCUT2D eigenvalue weighted by Gasteiger charge is -2.22. The van der Waals surface area contributed by atoms with Crippen LogP contribution in [0.3, 0.4) is 0 Å². The number of amidine groups is 1. The lowest BCUT2D eigenvalue weighted by Crippen LogP contribution is -2.25. The first-order valence-corrected chi connectivity index (χ1v) is 5.85. The molecule has 3 heteroatoms. The minimum Gasteiger partial charge on any atom is -0.386 e. The summed E-state index contributed by atoms with van der Waals surface area (Å²) in [6.45, 7) is 8.70. The molecule has 0 spiro atoms. The summed E-state index contributed by atoms with van der Waals surface area (Å²) < 4.78 is 0. The van der Waals surface area contributed by atoms with E-state index in [1.165, 1.54) is 12.8 Å². The summed E-state index contributed by atoms with van der Waals surface area (Å²) in [6.07, 6.45) is 3.49. The van der Waals surface area contributed by atoms with Crippen LogP contribution in [-0.2, 0) is 0 Å². The van der Waals surface area contributed by atoms with Crippen LogP contribution in [0.4, 0.5) is 0 Å². The van der Waals surface area contributed by atoms with Crippen molar-refractivity contribution in [3.63, 3.8) is 0 Å². The van der Waals surface area contributed by atoms with Crippen molar-refractivity contribution in [3.8, 4) is 0 Å². The molecule has 0 aromatic carbocycles. The second-order valence-electron chi connectivity index (χ2n) is 4.60. The standard InChI is InChI=1S/C11H23ClN2/c1-5-9(2)6-7-11(3,4)14-10(13)8-12/h9H,5-8H2,1-4H3,(H2,13,14). The summed E-state index contributed by atoms with van der Waals surface area (Å²) >= 11 is 5.59. The highest BCUT2D eigenvalue weighted by atomic mass is 35.5. The largest absolute Gasteiger partial charge is 0.386 e. The molecule has 0 aliphatic rings. The smallest absolute Gasteiger partial charge is 0.109 e. The fourth-order valence-electron chi connectivity index (χ4n) is 1.28. The van der Waals surface area contributed by atoms with Gasteiger partial charge in [0, 0.05) is 0 Å². The van der Waals surface area contributed by atoms with Gasteiger partial charge in [-0.2, -0.15) is 0 Å². The Morgan fingerprint density at radius 2 is 2.07 bits per heavy atom. The molecule has 0 aliphatic heterocycles. The highest BCUT2D eigenvalue weighted by Gasteiger charge is 2.17. The number of aliphatic imine (C=N–C) groups is 1. The molecular weight excluding hydrogens is 196 g/mol. The van der Waals surface area contributed by atoms with Gasteiger partial charge in [0.25, 0.3) is 0 Å². The van der Waals surface area contributed by atoms with Crippen LogP contribution in [0.25, 0.3) is 0 Å². The Morgan fingerprint density at radius 3 is 2.50 bits per heavy atom. The van der Waals surface area contributed by atoms with Crippen molar-refractivity contribution >= 4 is 17.4 Å². The Labute approximate surface area is 92.9 Å². The molecule has 14 heavy (non-hydrogen) atoms. The molecule has 0 aromatic heterocycles. The van der Waals surface area contributed by atoms with Crippen LogP contribution < -0.4 is 5.73 Å². The van der Waals surface area contributed by atoms with Crippen LogP contribution in [0.5, 0.6) is 0 Å². The maximum atomic E-state index is 5.62. The van der Waals surface area contributed by atoms with Gasteiger partial charge in [-0.25, -0.2) is 0 Å². The van der Waals surface area contributed by atoms with E-state index in [4.69, 9.17) is 17.3 Å². The molecular formula is C11H23ClN2. The maximum absolute atomic E-state index is 5.62. The van der Waals surface area contributed by atoms with E-state index in [1.807, 2.05) is 0 Å². The number of halogens is 1. The van der Waals surface area contributed by atoms with Gasteiger partial charge < -0.3 is 5.73 Å². The van der Waals surface area contributed by atoms with Gasteiger partial charge in [0.05, 0.1) is 11.4 Å². The summed E-state index contributed by atoms with van der Waals surface area (Å²) in [7, 11) is 0. The zero-order valence-corrected chi connectivity index (χ0v) is 10.6. The minimum atomic E-state index is -0.0671. The van der Waals surface area contributed by atoms with E-state index in [2.05, 4.69) is 32.7 Å². The van der Waals surface area contributed by atoms with E-state index in [0.29, 0.717) is 11.7 Å². The summed E-state index contributed by atoms with van der Waals surface area (Å²) in [5.74, 6) is 1.63. The van der Waals surface area contributed by atoms with Crippen molar-refractivity contribution < 1.29 is 0 Å². The number of hydrogen-bond acceptors (Lipinski definition) is 1. The molecule has 0 heterocycles. The Kier molecular flexibility index (Phi) is 6.17. The van der Waals surface area contributed by atoms with Crippen LogP contribution in [0.2, 0.25) is 0 Å². The monoisotopic (exact) mass is 218 g/mol. The van der Waals surface area contributed by atoms with Gasteiger partial charge in [0.15, 0.2) is 0 Å². The molecule has 0 rings (SSSR count). The van der Waals surface area contributed by atoms with Gasteiger partial charge in [-0.3, -0.25) is 4.99 Å². The summed E-state index contributed by atoms with van der Waals surface area (Å²) in [6, 6.07) is 0. The SMILES string of the molecule is CCC(C)CCC(C)(C)N=C(N)CCl. The molecule has 0 saturated carbocycles. The number of nitrogens with zero attached hydrogens (tertiary/aromatic N) is 1. The van der Waals surface area contributed by atoms with Crippen LogP contribution in [0.1, 0.15) is 47.0 Å². The Morgan fingerprint density at radius 1 is 1.50 bits per heavy atom. The third-order valence-corrected chi connectivity index (χ3v) is 2.80. The van der Waals surface area contributed by atoms with Gasteiger partial charge in [-0.1, -0.05) is 20.3 Å². The van der Waals surface area contributed by atoms with Crippen molar-refractivity contribution in [2.45, 2.75) is 52.5 Å². The fourth-order valence-corrected chi connectivity index (χ4v) is 1.34. The molecule has 1 unspecified atom stereocenters. The first kappa shape index (κ1) is 13.8. The molecule has 2 nitrogen and oxygen atoms in total.